The maximum Gasteiger partial charge on any atom is 0.253 e. The van der Waals surface area contributed by atoms with Crippen molar-refractivity contribution in [3.8, 4) is 5.75 Å². The highest BCUT2D eigenvalue weighted by Gasteiger charge is 2.25. The average Bonchev–Trinajstić information content (AvgIpc) is 2.96. The van der Waals surface area contributed by atoms with Crippen LogP contribution in [-0.4, -0.2) is 34.4 Å². The molecule has 1 aliphatic rings. The molecule has 0 aliphatic carbocycles. The van der Waals surface area contributed by atoms with Gasteiger partial charge in [0, 0.05) is 55.0 Å². The van der Waals surface area contributed by atoms with Crippen molar-refractivity contribution in [3.05, 3.63) is 47.7 Å². The topological polar surface area (TPSA) is 68.2 Å². The Morgan fingerprint density at radius 2 is 2.26 bits per heavy atom. The fraction of sp³-hybridized carbons (Fsp3) is 0.263. The number of rotatable bonds is 6. The molecule has 1 aliphatic heterocycles. The summed E-state index contributed by atoms with van der Waals surface area (Å²) in [6, 6.07) is 11.2. The molecule has 2 N–H and O–H groups in total. The molecule has 2 aromatic heterocycles. The third-order valence-corrected chi connectivity index (χ3v) is 4.89. The lowest BCUT2D eigenvalue weighted by atomic mass is 10.1. The molecule has 0 spiro atoms. The number of halogens is 1. The van der Waals surface area contributed by atoms with Gasteiger partial charge in [-0.2, -0.15) is 3.89 Å². The maximum atomic E-state index is 12.2. The van der Waals surface area contributed by atoms with Crippen molar-refractivity contribution in [1.82, 2.24) is 14.9 Å². The summed E-state index contributed by atoms with van der Waals surface area (Å²) in [5, 5.41) is 7.01. The molecular weight excluding hydrogens is 367 g/mol. The third kappa shape index (κ3) is 3.44. The second kappa shape index (κ2) is 7.48. The van der Waals surface area contributed by atoms with Crippen LogP contribution in [0.25, 0.3) is 11.0 Å². The van der Waals surface area contributed by atoms with Gasteiger partial charge in [0.1, 0.15) is 17.2 Å². The number of carbonyl (C=O) groups is 1. The van der Waals surface area contributed by atoms with Crippen LogP contribution < -0.4 is 15.4 Å². The number of hydrogen-bond acceptors (Lipinski definition) is 5. The van der Waals surface area contributed by atoms with Gasteiger partial charge in [-0.3, -0.25) is 4.79 Å². The summed E-state index contributed by atoms with van der Waals surface area (Å²) in [4.78, 5) is 16.9. The molecule has 27 heavy (non-hydrogen) atoms. The molecule has 0 radical (unpaired) electrons. The van der Waals surface area contributed by atoms with Crippen molar-refractivity contribution in [2.75, 3.05) is 24.2 Å². The number of hydrogen-bond donors (Lipinski definition) is 2. The molecule has 140 valence electrons. The second-order valence-electron chi connectivity index (χ2n) is 6.27. The van der Waals surface area contributed by atoms with Crippen molar-refractivity contribution in [2.45, 2.75) is 6.42 Å². The fourth-order valence-corrected chi connectivity index (χ4v) is 3.50. The minimum Gasteiger partial charge on any atom is -0.493 e. The van der Waals surface area contributed by atoms with Gasteiger partial charge in [-0.25, -0.2) is 4.98 Å². The molecule has 6 nitrogen and oxygen atoms in total. The van der Waals surface area contributed by atoms with Crippen LogP contribution >= 0.6 is 12.1 Å². The molecule has 3 aromatic rings. The number of fused-ring (bicyclic) bond motifs is 3. The van der Waals surface area contributed by atoms with Gasteiger partial charge in [0.2, 0.25) is 0 Å². The Morgan fingerprint density at radius 1 is 1.37 bits per heavy atom. The van der Waals surface area contributed by atoms with Crippen LogP contribution in [0.2, 0.25) is 0 Å². The van der Waals surface area contributed by atoms with Crippen LogP contribution in [0.5, 0.6) is 5.75 Å². The van der Waals surface area contributed by atoms with Gasteiger partial charge in [0.25, 0.3) is 5.91 Å². The number of nitrogens with zero attached hydrogens (tertiary/aromatic N) is 2. The maximum absolute atomic E-state index is 12.2. The Bertz CT molecular complexity index is 1000. The number of ether oxygens (including phenoxy) is 1. The van der Waals surface area contributed by atoms with Gasteiger partial charge in [-0.05, 0) is 24.3 Å². The number of benzene rings is 1. The Hall–Kier alpha value is -2.74. The van der Waals surface area contributed by atoms with Crippen molar-refractivity contribution < 1.29 is 13.4 Å². The monoisotopic (exact) mass is 386 g/mol. The summed E-state index contributed by atoms with van der Waals surface area (Å²) in [6.07, 6.45) is 0.799. The van der Waals surface area contributed by atoms with Gasteiger partial charge < -0.3 is 19.9 Å². The molecule has 0 saturated heterocycles. The Morgan fingerprint density at radius 3 is 3.11 bits per heavy atom. The van der Waals surface area contributed by atoms with E-state index in [1.54, 1.807) is 0 Å². The summed E-state index contributed by atoms with van der Waals surface area (Å²) < 4.78 is 19.6. The first-order chi connectivity index (χ1) is 13.2. The molecule has 8 heteroatoms. The van der Waals surface area contributed by atoms with Crippen LogP contribution in [0.3, 0.4) is 0 Å². The van der Waals surface area contributed by atoms with Crippen molar-refractivity contribution in [2.24, 2.45) is 7.05 Å². The zero-order valence-electron chi connectivity index (χ0n) is 14.8. The molecule has 0 bridgehead atoms. The van der Waals surface area contributed by atoms with E-state index in [4.69, 9.17) is 9.72 Å². The summed E-state index contributed by atoms with van der Waals surface area (Å²) in [5.41, 5.74) is 3.33. The molecular formula is C19H19FN4O2S. The number of aromatic nitrogens is 2. The van der Waals surface area contributed by atoms with Crippen LogP contribution in [0.4, 0.5) is 15.4 Å². The standard InChI is InChI=1S/C19H19FN4O2S/c1-24-15-7-8-21-19(25)17(15)14-5-6-16(23-18(14)24)22-12-3-2-4-13(11-12)26-9-10-27-20/h2-6,11H,7-10H2,1H3,(H,21,25)(H,22,23). The summed E-state index contributed by atoms with van der Waals surface area (Å²) in [5.74, 6) is 1.60. The number of pyridine rings is 1. The van der Waals surface area contributed by atoms with Gasteiger partial charge in [0.15, 0.2) is 0 Å². The van der Waals surface area contributed by atoms with Crippen molar-refractivity contribution in [1.29, 1.82) is 0 Å². The first-order valence-corrected chi connectivity index (χ1v) is 9.56. The molecule has 1 amide bonds. The van der Waals surface area contributed by atoms with Crippen LogP contribution in [0.1, 0.15) is 16.1 Å². The van der Waals surface area contributed by atoms with E-state index in [1.165, 1.54) is 0 Å². The van der Waals surface area contributed by atoms with E-state index < -0.39 is 0 Å². The predicted octanol–water partition coefficient (Wildman–Crippen LogP) is 3.60. The summed E-state index contributed by atoms with van der Waals surface area (Å²) in [6.45, 7) is 0.959. The van der Waals surface area contributed by atoms with Gasteiger partial charge in [-0.15, -0.1) is 0 Å². The van der Waals surface area contributed by atoms with E-state index in [1.807, 2.05) is 48.0 Å². The number of carbonyl (C=O) groups excluding carboxylic acids is 1. The number of anilines is 2. The lowest BCUT2D eigenvalue weighted by Crippen LogP contribution is -2.32. The Balaban J connectivity index is 1.61. The molecule has 0 saturated carbocycles. The summed E-state index contributed by atoms with van der Waals surface area (Å²) in [7, 11) is 1.94. The SMILES string of the molecule is Cn1c2c(c3ccc(Nc4cccc(OCCSF)c4)nc31)C(=O)NCC2. The quantitative estimate of drug-likeness (QED) is 0.634. The summed E-state index contributed by atoms with van der Waals surface area (Å²) >= 11 is 0.260. The number of nitrogens with one attached hydrogen (secondary N) is 2. The van der Waals surface area contributed by atoms with E-state index in [9.17, 15) is 8.68 Å². The van der Waals surface area contributed by atoms with Crippen molar-refractivity contribution >= 4 is 40.6 Å². The minimum atomic E-state index is -0.0411. The van der Waals surface area contributed by atoms with Gasteiger partial charge in [0.05, 0.1) is 17.9 Å². The molecule has 0 fully saturated rings. The second-order valence-corrected chi connectivity index (χ2v) is 6.90. The highest BCUT2D eigenvalue weighted by atomic mass is 32.2. The normalized spacial score (nSPS) is 13.3. The first-order valence-electron chi connectivity index (χ1n) is 8.67. The smallest absolute Gasteiger partial charge is 0.253 e. The molecule has 1 aromatic carbocycles. The third-order valence-electron chi connectivity index (χ3n) is 4.57. The van der Waals surface area contributed by atoms with E-state index in [0.717, 1.165) is 34.4 Å². The van der Waals surface area contributed by atoms with Crippen LogP contribution in [0, 0.1) is 0 Å². The zero-order valence-corrected chi connectivity index (χ0v) is 15.6. The highest BCUT2D eigenvalue weighted by Crippen LogP contribution is 2.29. The minimum absolute atomic E-state index is 0.0411. The lowest BCUT2D eigenvalue weighted by Gasteiger charge is -2.13. The zero-order chi connectivity index (χ0) is 18.8. The Labute approximate surface area is 160 Å². The fourth-order valence-electron chi connectivity index (χ4n) is 3.35. The average molecular weight is 386 g/mol. The van der Waals surface area contributed by atoms with Crippen LogP contribution in [-0.2, 0) is 13.5 Å². The highest BCUT2D eigenvalue weighted by molar-refractivity contribution is 7.94. The van der Waals surface area contributed by atoms with E-state index in [0.29, 0.717) is 30.5 Å². The predicted molar refractivity (Wildman–Crippen MR) is 106 cm³/mol. The molecule has 3 heterocycles. The van der Waals surface area contributed by atoms with Gasteiger partial charge >= 0.3 is 0 Å². The Kier molecular flexibility index (Phi) is 4.89. The van der Waals surface area contributed by atoms with E-state index >= 15 is 0 Å². The van der Waals surface area contributed by atoms with E-state index in [2.05, 4.69) is 10.6 Å². The lowest BCUT2D eigenvalue weighted by molar-refractivity contribution is 0.0947. The number of aryl methyl sites for hydroxylation is 1. The van der Waals surface area contributed by atoms with Crippen molar-refractivity contribution in [3.63, 3.8) is 0 Å². The van der Waals surface area contributed by atoms with E-state index in [-0.39, 0.29) is 18.1 Å². The molecule has 4 rings (SSSR count). The largest absolute Gasteiger partial charge is 0.493 e. The number of amides is 1. The molecule has 0 atom stereocenters. The van der Waals surface area contributed by atoms with Gasteiger partial charge in [-0.1, -0.05) is 6.07 Å². The first kappa shape index (κ1) is 17.7. The molecule has 0 unspecified atom stereocenters. The van der Waals surface area contributed by atoms with Crippen LogP contribution in [0.15, 0.2) is 36.4 Å².